The van der Waals surface area contributed by atoms with Gasteiger partial charge in [-0.15, -0.1) is 0 Å². The topological polar surface area (TPSA) is 56.2 Å². The highest BCUT2D eigenvalue weighted by Crippen LogP contribution is 2.22. The van der Waals surface area contributed by atoms with Crippen LogP contribution >= 0.6 is 0 Å². The molecule has 84 valence electrons. The number of anilines is 1. The molecule has 2 aromatic heterocycles. The van der Waals surface area contributed by atoms with E-state index < -0.39 is 0 Å². The van der Waals surface area contributed by atoms with E-state index in [1.165, 1.54) is 0 Å². The van der Waals surface area contributed by atoms with Crippen molar-refractivity contribution in [1.29, 1.82) is 0 Å². The fourth-order valence-electron chi connectivity index (χ4n) is 1.91. The summed E-state index contributed by atoms with van der Waals surface area (Å²) in [4.78, 5) is 4.38. The average molecular weight is 224 g/mol. The van der Waals surface area contributed by atoms with Crippen LogP contribution in [0.2, 0.25) is 0 Å². The summed E-state index contributed by atoms with van der Waals surface area (Å²) in [7, 11) is 0. The van der Waals surface area contributed by atoms with Crippen molar-refractivity contribution in [2.24, 2.45) is 0 Å². The number of nitrogens with zero attached hydrogens (tertiary/aromatic N) is 3. The number of imidazole rings is 1. The Morgan fingerprint density at radius 2 is 2.12 bits per heavy atom. The van der Waals surface area contributed by atoms with Gasteiger partial charge in [0.15, 0.2) is 5.65 Å². The molecule has 0 amide bonds. The molecule has 0 saturated heterocycles. The molecule has 2 N–H and O–H groups in total. The van der Waals surface area contributed by atoms with Crippen molar-refractivity contribution in [2.75, 3.05) is 5.73 Å². The van der Waals surface area contributed by atoms with E-state index in [2.05, 4.69) is 10.1 Å². The summed E-state index contributed by atoms with van der Waals surface area (Å²) in [5, 5.41) is 4.32. The molecule has 0 aliphatic heterocycles. The van der Waals surface area contributed by atoms with Gasteiger partial charge in [-0.25, -0.2) is 9.50 Å². The summed E-state index contributed by atoms with van der Waals surface area (Å²) < 4.78 is 1.84. The molecule has 1 aromatic carbocycles. The van der Waals surface area contributed by atoms with E-state index in [4.69, 9.17) is 5.73 Å². The molecule has 0 spiro atoms. The second-order valence-corrected chi connectivity index (χ2v) is 4.02. The van der Waals surface area contributed by atoms with Crippen LogP contribution in [0.5, 0.6) is 0 Å². The van der Waals surface area contributed by atoms with Crippen LogP contribution in [0, 0.1) is 6.92 Å². The van der Waals surface area contributed by atoms with Gasteiger partial charge in [0, 0.05) is 17.4 Å². The number of nitrogen functional groups attached to an aromatic ring is 1. The van der Waals surface area contributed by atoms with E-state index in [9.17, 15) is 0 Å². The largest absolute Gasteiger partial charge is 0.399 e. The minimum absolute atomic E-state index is 0.741. The van der Waals surface area contributed by atoms with Gasteiger partial charge in [-0.3, -0.25) is 0 Å². The van der Waals surface area contributed by atoms with E-state index in [0.717, 1.165) is 28.2 Å². The molecule has 0 unspecified atom stereocenters. The molecule has 0 fully saturated rings. The number of nitrogens with two attached hydrogens (primary N) is 1. The second-order valence-electron chi connectivity index (χ2n) is 4.02. The third-order valence-corrected chi connectivity index (χ3v) is 2.78. The van der Waals surface area contributed by atoms with E-state index in [1.807, 2.05) is 48.0 Å². The molecular formula is C13H12N4. The Morgan fingerprint density at radius 1 is 1.24 bits per heavy atom. The van der Waals surface area contributed by atoms with Crippen LogP contribution in [0.4, 0.5) is 5.69 Å². The molecule has 3 rings (SSSR count). The van der Waals surface area contributed by atoms with E-state index in [0.29, 0.717) is 0 Å². The minimum atomic E-state index is 0.741. The number of hydrogen-bond acceptors (Lipinski definition) is 3. The summed E-state index contributed by atoms with van der Waals surface area (Å²) in [5.74, 6) is 0. The molecule has 0 bridgehead atoms. The lowest BCUT2D eigenvalue weighted by Crippen LogP contribution is -1.95. The lowest BCUT2D eigenvalue weighted by atomic mass is 10.1. The molecule has 0 aliphatic carbocycles. The van der Waals surface area contributed by atoms with Crippen molar-refractivity contribution in [3.05, 3.63) is 48.3 Å². The van der Waals surface area contributed by atoms with Crippen molar-refractivity contribution in [3.8, 4) is 11.3 Å². The van der Waals surface area contributed by atoms with Crippen LogP contribution in [0.3, 0.4) is 0 Å². The zero-order chi connectivity index (χ0) is 11.8. The molecule has 4 nitrogen and oxygen atoms in total. The Morgan fingerprint density at radius 3 is 2.94 bits per heavy atom. The monoisotopic (exact) mass is 224 g/mol. The zero-order valence-electron chi connectivity index (χ0n) is 9.46. The molecule has 0 aliphatic rings. The van der Waals surface area contributed by atoms with Gasteiger partial charge < -0.3 is 5.73 Å². The van der Waals surface area contributed by atoms with E-state index in [1.54, 1.807) is 6.20 Å². The molecule has 2 heterocycles. The molecule has 17 heavy (non-hydrogen) atoms. The lowest BCUT2D eigenvalue weighted by molar-refractivity contribution is 0.934. The maximum absolute atomic E-state index is 5.79. The molecule has 0 atom stereocenters. The van der Waals surface area contributed by atoms with Gasteiger partial charge in [0.25, 0.3) is 0 Å². The Balaban J connectivity index is 2.28. The highest BCUT2D eigenvalue weighted by molar-refractivity contribution is 5.67. The van der Waals surface area contributed by atoms with Crippen LogP contribution < -0.4 is 5.73 Å². The summed E-state index contributed by atoms with van der Waals surface area (Å²) in [5.41, 5.74) is 10.5. The summed E-state index contributed by atoms with van der Waals surface area (Å²) in [6, 6.07) is 9.67. The van der Waals surface area contributed by atoms with Crippen LogP contribution in [0.1, 0.15) is 5.56 Å². The predicted octanol–water partition coefficient (Wildman–Crippen LogP) is 2.29. The van der Waals surface area contributed by atoms with Crippen molar-refractivity contribution < 1.29 is 0 Å². The first-order valence-corrected chi connectivity index (χ1v) is 5.41. The quantitative estimate of drug-likeness (QED) is 0.645. The Hall–Kier alpha value is -2.36. The first kappa shape index (κ1) is 9.84. The van der Waals surface area contributed by atoms with Crippen LogP contribution in [0.15, 0.2) is 42.7 Å². The SMILES string of the molecule is Cc1ccnn2c(-c3cccc(N)c3)cnc12. The van der Waals surface area contributed by atoms with Crippen LogP contribution in [-0.4, -0.2) is 14.6 Å². The number of fused-ring (bicyclic) bond motifs is 1. The Kier molecular flexibility index (Phi) is 2.08. The molecule has 0 saturated carbocycles. The van der Waals surface area contributed by atoms with Gasteiger partial charge in [-0.2, -0.15) is 5.10 Å². The van der Waals surface area contributed by atoms with Crippen LogP contribution in [0.25, 0.3) is 16.9 Å². The smallest absolute Gasteiger partial charge is 0.157 e. The number of benzene rings is 1. The maximum Gasteiger partial charge on any atom is 0.157 e. The summed E-state index contributed by atoms with van der Waals surface area (Å²) in [6.07, 6.45) is 3.60. The lowest BCUT2D eigenvalue weighted by Gasteiger charge is -2.02. The van der Waals surface area contributed by atoms with Gasteiger partial charge in [-0.05, 0) is 30.7 Å². The second kappa shape index (κ2) is 3.59. The number of hydrogen-bond donors (Lipinski definition) is 1. The summed E-state index contributed by atoms with van der Waals surface area (Å²) >= 11 is 0. The zero-order valence-corrected chi connectivity index (χ0v) is 9.46. The van der Waals surface area contributed by atoms with Crippen molar-refractivity contribution in [3.63, 3.8) is 0 Å². The first-order chi connectivity index (χ1) is 8.25. The summed E-state index contributed by atoms with van der Waals surface area (Å²) in [6.45, 7) is 2.02. The predicted molar refractivity (Wildman–Crippen MR) is 67.6 cm³/mol. The average Bonchev–Trinajstić information content (AvgIpc) is 2.74. The van der Waals surface area contributed by atoms with Gasteiger partial charge >= 0.3 is 0 Å². The molecular weight excluding hydrogens is 212 g/mol. The first-order valence-electron chi connectivity index (χ1n) is 5.41. The number of rotatable bonds is 1. The highest BCUT2D eigenvalue weighted by atomic mass is 15.3. The van der Waals surface area contributed by atoms with Crippen molar-refractivity contribution >= 4 is 11.3 Å². The van der Waals surface area contributed by atoms with E-state index in [-0.39, 0.29) is 0 Å². The Bertz CT molecular complexity index is 685. The maximum atomic E-state index is 5.79. The standard InChI is InChI=1S/C13H12N4/c1-9-5-6-16-17-12(8-15-13(9)17)10-3-2-4-11(14)7-10/h2-8H,14H2,1H3. The van der Waals surface area contributed by atoms with Gasteiger partial charge in [0.05, 0.1) is 11.9 Å². The van der Waals surface area contributed by atoms with Gasteiger partial charge in [-0.1, -0.05) is 12.1 Å². The third kappa shape index (κ3) is 1.54. The Labute approximate surface area is 98.7 Å². The molecule has 4 heteroatoms. The van der Waals surface area contributed by atoms with E-state index >= 15 is 0 Å². The number of aromatic nitrogens is 3. The highest BCUT2D eigenvalue weighted by Gasteiger charge is 2.08. The van der Waals surface area contributed by atoms with Crippen molar-refractivity contribution in [2.45, 2.75) is 6.92 Å². The third-order valence-electron chi connectivity index (χ3n) is 2.78. The fraction of sp³-hybridized carbons (Fsp3) is 0.0769. The molecule has 3 aromatic rings. The normalized spacial score (nSPS) is 10.9. The number of aryl methyl sites for hydroxylation is 1. The van der Waals surface area contributed by atoms with Gasteiger partial charge in [0.1, 0.15) is 0 Å². The van der Waals surface area contributed by atoms with Gasteiger partial charge in [0.2, 0.25) is 0 Å². The van der Waals surface area contributed by atoms with Crippen molar-refractivity contribution in [1.82, 2.24) is 14.6 Å². The van der Waals surface area contributed by atoms with Crippen LogP contribution in [-0.2, 0) is 0 Å². The molecule has 0 radical (unpaired) electrons. The minimum Gasteiger partial charge on any atom is -0.399 e. The fourth-order valence-corrected chi connectivity index (χ4v) is 1.91.